The lowest BCUT2D eigenvalue weighted by Gasteiger charge is -2.39. The van der Waals surface area contributed by atoms with Gasteiger partial charge in [-0.3, -0.25) is 0 Å². The molecule has 0 aromatic heterocycles. The largest absolute Gasteiger partial charge is 0.477 e. The minimum absolute atomic E-state index is 0.305. The van der Waals surface area contributed by atoms with Crippen molar-refractivity contribution in [2.24, 2.45) is 0 Å². The summed E-state index contributed by atoms with van der Waals surface area (Å²) in [6.45, 7) is 1.93. The van der Waals surface area contributed by atoms with Gasteiger partial charge >= 0.3 is 0 Å². The highest BCUT2D eigenvalue weighted by atomic mass is 32.2. The lowest BCUT2D eigenvalue weighted by molar-refractivity contribution is -0.0910. The van der Waals surface area contributed by atoms with Crippen molar-refractivity contribution in [1.29, 1.82) is 0 Å². The average Bonchev–Trinajstić information content (AvgIpc) is 2.81. The zero-order valence-electron chi connectivity index (χ0n) is 17.5. The summed E-state index contributed by atoms with van der Waals surface area (Å²) in [7, 11) is 0. The van der Waals surface area contributed by atoms with E-state index in [2.05, 4.69) is 29.2 Å². The van der Waals surface area contributed by atoms with Crippen LogP contribution < -0.4 is 9.64 Å². The van der Waals surface area contributed by atoms with Crippen molar-refractivity contribution >= 4 is 17.4 Å². The second-order valence-electron chi connectivity index (χ2n) is 8.31. The van der Waals surface area contributed by atoms with E-state index >= 15 is 0 Å². The van der Waals surface area contributed by atoms with Crippen LogP contribution in [-0.2, 0) is 6.42 Å². The number of piperidine rings is 1. The van der Waals surface area contributed by atoms with Crippen LogP contribution in [0.1, 0.15) is 30.4 Å². The molecule has 0 aliphatic carbocycles. The van der Waals surface area contributed by atoms with Crippen LogP contribution in [0.2, 0.25) is 0 Å². The molecule has 2 aliphatic rings. The highest BCUT2D eigenvalue weighted by molar-refractivity contribution is 8.00. The Kier molecular flexibility index (Phi) is 7.40. The summed E-state index contributed by atoms with van der Waals surface area (Å²) < 4.78 is 6.06. The first kappa shape index (κ1) is 22.4. The first-order valence-electron chi connectivity index (χ1n) is 11.0. The van der Waals surface area contributed by atoms with Gasteiger partial charge in [0.15, 0.2) is 5.44 Å². The molecule has 0 bridgehead atoms. The number of hydrogen-bond donors (Lipinski definition) is 4. The minimum Gasteiger partial charge on any atom is -0.477 e. The molecule has 2 heterocycles. The normalized spacial score (nSPS) is 29.0. The number of aliphatic hydroxyl groups excluding tert-OH is 4. The number of rotatable bonds is 6. The average molecular weight is 446 g/mol. The summed E-state index contributed by atoms with van der Waals surface area (Å²) in [5.41, 5.74) is 2.62. The number of hydrogen-bond acceptors (Lipinski definition) is 7. The van der Waals surface area contributed by atoms with E-state index in [-0.39, 0.29) is 6.61 Å². The van der Waals surface area contributed by atoms with E-state index in [1.165, 1.54) is 24.9 Å². The minimum atomic E-state index is -1.36. The number of nitrogens with zero attached hydrogens (tertiary/aromatic N) is 1. The van der Waals surface area contributed by atoms with Crippen LogP contribution in [0.3, 0.4) is 0 Å². The van der Waals surface area contributed by atoms with E-state index in [1.807, 2.05) is 24.3 Å². The SMILES string of the molecule is OC[C@@H]1S[C@H](Oc2ccccc2Cc2ccc(N3CCCCC3)cc2)[C@H](O)[C@@H](O)[C@@H]1O. The molecule has 2 aromatic rings. The summed E-state index contributed by atoms with van der Waals surface area (Å²) in [6.07, 6.45) is 0.685. The maximum Gasteiger partial charge on any atom is 0.173 e. The number of benzene rings is 2. The van der Waals surface area contributed by atoms with Crippen LogP contribution in [0.15, 0.2) is 48.5 Å². The summed E-state index contributed by atoms with van der Waals surface area (Å²) in [6, 6.07) is 16.3. The molecular weight excluding hydrogens is 414 g/mol. The third-order valence-electron chi connectivity index (χ3n) is 6.12. The van der Waals surface area contributed by atoms with E-state index in [0.717, 1.165) is 36.0 Å². The molecular formula is C24H31NO5S. The standard InChI is InChI=1S/C24H31NO5S/c26-15-20-21(27)22(28)23(29)24(31-20)30-19-7-3-2-6-17(19)14-16-8-10-18(11-9-16)25-12-4-1-5-13-25/h2-3,6-11,20-24,26-29H,1,4-5,12-15H2/t20-,21+,22-,23+,24-/m0/s1. The second-order valence-corrected chi connectivity index (χ2v) is 9.66. The summed E-state index contributed by atoms with van der Waals surface area (Å²) >= 11 is 1.14. The second kappa shape index (κ2) is 10.2. The molecule has 4 rings (SSSR count). The molecule has 2 aliphatic heterocycles. The maximum absolute atomic E-state index is 10.4. The van der Waals surface area contributed by atoms with Gasteiger partial charge in [0.2, 0.25) is 0 Å². The Bertz CT molecular complexity index is 840. The fraction of sp³-hybridized carbons (Fsp3) is 0.500. The molecule has 0 unspecified atom stereocenters. The van der Waals surface area contributed by atoms with Gasteiger partial charge in [-0.2, -0.15) is 0 Å². The number of thioether (sulfide) groups is 1. The first-order chi connectivity index (χ1) is 15.1. The van der Waals surface area contributed by atoms with E-state index in [9.17, 15) is 20.4 Å². The number of ether oxygens (including phenoxy) is 1. The molecule has 168 valence electrons. The van der Waals surface area contributed by atoms with Gasteiger partial charge in [-0.25, -0.2) is 0 Å². The van der Waals surface area contributed by atoms with E-state index in [1.54, 1.807) is 0 Å². The van der Waals surface area contributed by atoms with Crippen molar-refractivity contribution in [2.75, 3.05) is 24.6 Å². The van der Waals surface area contributed by atoms with Gasteiger partial charge in [0.05, 0.1) is 18.0 Å². The zero-order chi connectivity index (χ0) is 21.8. The summed E-state index contributed by atoms with van der Waals surface area (Å²) in [4.78, 5) is 2.43. The third-order valence-corrected chi connectivity index (χ3v) is 7.54. The van der Waals surface area contributed by atoms with Gasteiger partial charge in [-0.15, -0.1) is 11.8 Å². The predicted molar refractivity (Wildman–Crippen MR) is 123 cm³/mol. The lowest BCUT2D eigenvalue weighted by atomic mass is 10.0. The third kappa shape index (κ3) is 5.18. The molecule has 5 atom stereocenters. The summed E-state index contributed by atoms with van der Waals surface area (Å²) in [5, 5.41) is 39.4. The topological polar surface area (TPSA) is 93.4 Å². The number of aliphatic hydroxyl groups is 4. The zero-order valence-corrected chi connectivity index (χ0v) is 18.3. The van der Waals surface area contributed by atoms with Crippen molar-refractivity contribution in [3.63, 3.8) is 0 Å². The van der Waals surface area contributed by atoms with Crippen LogP contribution in [0.4, 0.5) is 5.69 Å². The van der Waals surface area contributed by atoms with Crippen molar-refractivity contribution in [1.82, 2.24) is 0 Å². The van der Waals surface area contributed by atoms with E-state index in [0.29, 0.717) is 12.2 Å². The van der Waals surface area contributed by atoms with Crippen molar-refractivity contribution in [3.05, 3.63) is 59.7 Å². The van der Waals surface area contributed by atoms with Gasteiger partial charge < -0.3 is 30.1 Å². The molecule has 0 amide bonds. The van der Waals surface area contributed by atoms with Crippen LogP contribution in [-0.4, -0.2) is 69.1 Å². The van der Waals surface area contributed by atoms with Gasteiger partial charge in [0.1, 0.15) is 18.0 Å². The fourth-order valence-corrected chi connectivity index (χ4v) is 5.49. The maximum atomic E-state index is 10.4. The monoisotopic (exact) mass is 445 g/mol. The Labute approximate surface area is 187 Å². The quantitative estimate of drug-likeness (QED) is 0.541. The molecule has 4 N–H and O–H groups in total. The molecule has 2 aromatic carbocycles. The molecule has 2 saturated heterocycles. The Morgan fingerprint density at radius 3 is 2.29 bits per heavy atom. The highest BCUT2D eigenvalue weighted by Crippen LogP contribution is 2.35. The molecule has 7 heteroatoms. The number of para-hydroxylation sites is 1. The lowest BCUT2D eigenvalue weighted by Crippen LogP contribution is -2.55. The molecule has 0 saturated carbocycles. The highest BCUT2D eigenvalue weighted by Gasteiger charge is 2.44. The van der Waals surface area contributed by atoms with Crippen molar-refractivity contribution in [3.8, 4) is 5.75 Å². The van der Waals surface area contributed by atoms with Crippen LogP contribution >= 0.6 is 11.8 Å². The Morgan fingerprint density at radius 1 is 0.871 bits per heavy atom. The van der Waals surface area contributed by atoms with Crippen LogP contribution in [0.25, 0.3) is 0 Å². The van der Waals surface area contributed by atoms with Crippen LogP contribution in [0.5, 0.6) is 5.75 Å². The van der Waals surface area contributed by atoms with Gasteiger partial charge in [0, 0.05) is 25.2 Å². The molecule has 0 radical (unpaired) electrons. The predicted octanol–water partition coefficient (Wildman–Crippen LogP) is 2.16. The van der Waals surface area contributed by atoms with E-state index < -0.39 is 29.0 Å². The van der Waals surface area contributed by atoms with Gasteiger partial charge in [0.25, 0.3) is 0 Å². The molecule has 2 fully saturated rings. The van der Waals surface area contributed by atoms with E-state index in [4.69, 9.17) is 4.74 Å². The van der Waals surface area contributed by atoms with Crippen LogP contribution in [0, 0.1) is 0 Å². The van der Waals surface area contributed by atoms with Gasteiger partial charge in [-0.05, 0) is 48.6 Å². The summed E-state index contributed by atoms with van der Waals surface area (Å²) in [5.74, 6) is 0.624. The smallest absolute Gasteiger partial charge is 0.173 e. The fourth-order valence-electron chi connectivity index (χ4n) is 4.25. The molecule has 6 nitrogen and oxygen atoms in total. The van der Waals surface area contributed by atoms with Crippen molar-refractivity contribution < 1.29 is 25.2 Å². The number of anilines is 1. The Hall–Kier alpha value is -1.77. The Balaban J connectivity index is 1.46. The molecule has 31 heavy (non-hydrogen) atoms. The molecule has 0 spiro atoms. The first-order valence-corrected chi connectivity index (χ1v) is 11.9. The van der Waals surface area contributed by atoms with Crippen molar-refractivity contribution in [2.45, 2.75) is 54.7 Å². The van der Waals surface area contributed by atoms with Gasteiger partial charge in [-0.1, -0.05) is 30.3 Å². The Morgan fingerprint density at radius 2 is 1.58 bits per heavy atom.